The van der Waals surface area contributed by atoms with Gasteiger partial charge in [-0.1, -0.05) is 34.8 Å². The highest BCUT2D eigenvalue weighted by atomic mass is 35.6. The summed E-state index contributed by atoms with van der Waals surface area (Å²) in [6, 6.07) is 1.79. The highest BCUT2D eigenvalue weighted by Crippen LogP contribution is 2.38. The first kappa shape index (κ1) is 7.67. The summed E-state index contributed by atoms with van der Waals surface area (Å²) in [5.41, 5.74) is 0.734. The quantitative estimate of drug-likeness (QED) is 0.563. The van der Waals surface area contributed by atoms with Gasteiger partial charge in [-0.3, -0.25) is 0 Å². The van der Waals surface area contributed by atoms with Crippen molar-refractivity contribution in [2.75, 3.05) is 0 Å². The summed E-state index contributed by atoms with van der Waals surface area (Å²) in [4.78, 5) is 0. The molecular formula is C5H3Cl3S. The normalized spacial score (nSPS) is 11.9. The molecule has 50 valence electrons. The highest BCUT2D eigenvalue weighted by Gasteiger charge is 2.22. The molecule has 0 atom stereocenters. The Balaban J connectivity index is 2.90. The number of hydrogen-bond acceptors (Lipinski definition) is 1. The second-order valence-electron chi connectivity index (χ2n) is 1.51. The zero-order chi connectivity index (χ0) is 6.91. The third-order valence-electron chi connectivity index (χ3n) is 0.849. The Hall–Kier alpha value is 0.570. The maximum atomic E-state index is 5.54. The van der Waals surface area contributed by atoms with Crippen LogP contribution < -0.4 is 0 Å². The fourth-order valence-electron chi connectivity index (χ4n) is 0.426. The highest BCUT2D eigenvalue weighted by molar-refractivity contribution is 7.08. The molecule has 0 aliphatic heterocycles. The summed E-state index contributed by atoms with van der Waals surface area (Å²) >= 11 is 18.1. The van der Waals surface area contributed by atoms with Gasteiger partial charge in [-0.05, 0) is 16.8 Å². The Morgan fingerprint density at radius 1 is 1.33 bits per heavy atom. The lowest BCUT2D eigenvalue weighted by Crippen LogP contribution is -1.95. The van der Waals surface area contributed by atoms with Crippen molar-refractivity contribution in [1.29, 1.82) is 0 Å². The van der Waals surface area contributed by atoms with E-state index in [0.29, 0.717) is 0 Å². The SMILES string of the molecule is ClC(Cl)(Cl)c1ccsc1. The Bertz CT molecular complexity index is 175. The van der Waals surface area contributed by atoms with Gasteiger partial charge in [0.15, 0.2) is 0 Å². The molecule has 0 spiro atoms. The minimum Gasteiger partial charge on any atom is -0.152 e. The van der Waals surface area contributed by atoms with Gasteiger partial charge in [-0.15, -0.1) is 0 Å². The van der Waals surface area contributed by atoms with Crippen LogP contribution in [-0.4, -0.2) is 0 Å². The van der Waals surface area contributed by atoms with Crippen LogP contribution in [0, 0.1) is 0 Å². The van der Waals surface area contributed by atoms with E-state index in [2.05, 4.69) is 0 Å². The molecule has 0 amide bonds. The standard InChI is InChI=1S/C5H3Cl3S/c6-5(7,8)4-1-2-9-3-4/h1-3H. The van der Waals surface area contributed by atoms with Crippen molar-refractivity contribution in [1.82, 2.24) is 0 Å². The maximum Gasteiger partial charge on any atom is 0.216 e. The van der Waals surface area contributed by atoms with Crippen LogP contribution in [0.3, 0.4) is 0 Å². The summed E-state index contributed by atoms with van der Waals surface area (Å²) in [7, 11) is 0. The van der Waals surface area contributed by atoms with E-state index in [1.165, 1.54) is 11.3 Å². The fraction of sp³-hybridized carbons (Fsp3) is 0.200. The molecule has 0 fully saturated rings. The van der Waals surface area contributed by atoms with Crippen molar-refractivity contribution < 1.29 is 0 Å². The first-order valence-electron chi connectivity index (χ1n) is 2.20. The largest absolute Gasteiger partial charge is 0.216 e. The molecule has 0 saturated carbocycles. The predicted octanol–water partition coefficient (Wildman–Crippen LogP) is 3.57. The van der Waals surface area contributed by atoms with Gasteiger partial charge >= 0.3 is 0 Å². The average Bonchev–Trinajstić information content (AvgIpc) is 2.08. The van der Waals surface area contributed by atoms with Crippen LogP contribution in [0.5, 0.6) is 0 Å². The molecule has 0 aliphatic rings. The van der Waals surface area contributed by atoms with Crippen LogP contribution in [0.2, 0.25) is 0 Å². The predicted molar refractivity (Wildman–Crippen MR) is 43.6 cm³/mol. The minimum atomic E-state index is -1.25. The molecule has 0 bridgehead atoms. The van der Waals surface area contributed by atoms with E-state index in [9.17, 15) is 0 Å². The van der Waals surface area contributed by atoms with Crippen molar-refractivity contribution >= 4 is 46.1 Å². The number of halogens is 3. The molecule has 1 rings (SSSR count). The third-order valence-corrected chi connectivity index (χ3v) is 2.19. The maximum absolute atomic E-state index is 5.54. The molecule has 0 radical (unpaired) electrons. The van der Waals surface area contributed by atoms with E-state index < -0.39 is 3.79 Å². The van der Waals surface area contributed by atoms with Gasteiger partial charge in [0.2, 0.25) is 3.79 Å². The summed E-state index contributed by atoms with van der Waals surface area (Å²) in [5.74, 6) is 0. The van der Waals surface area contributed by atoms with Gasteiger partial charge in [0, 0.05) is 5.56 Å². The Morgan fingerprint density at radius 3 is 2.22 bits per heavy atom. The Morgan fingerprint density at radius 2 is 2.00 bits per heavy atom. The zero-order valence-corrected chi connectivity index (χ0v) is 7.36. The van der Waals surface area contributed by atoms with E-state index in [1.54, 1.807) is 6.07 Å². The first-order chi connectivity index (χ1) is 4.11. The minimum absolute atomic E-state index is 0.734. The van der Waals surface area contributed by atoms with Crippen molar-refractivity contribution in [2.24, 2.45) is 0 Å². The number of rotatable bonds is 0. The molecule has 0 unspecified atom stereocenters. The van der Waals surface area contributed by atoms with Gasteiger partial charge in [0.25, 0.3) is 0 Å². The second kappa shape index (κ2) is 2.67. The van der Waals surface area contributed by atoms with Gasteiger partial charge in [-0.25, -0.2) is 0 Å². The molecule has 0 nitrogen and oxygen atoms in total. The number of alkyl halides is 3. The summed E-state index contributed by atoms with van der Waals surface area (Å²) in [5, 5.41) is 3.68. The number of hydrogen-bond donors (Lipinski definition) is 0. The van der Waals surface area contributed by atoms with Crippen LogP contribution in [0.15, 0.2) is 16.8 Å². The van der Waals surface area contributed by atoms with Gasteiger partial charge in [-0.2, -0.15) is 11.3 Å². The summed E-state index contributed by atoms with van der Waals surface area (Å²) < 4.78 is -1.25. The van der Waals surface area contributed by atoms with Crippen molar-refractivity contribution in [2.45, 2.75) is 3.79 Å². The smallest absolute Gasteiger partial charge is 0.152 e. The monoisotopic (exact) mass is 200 g/mol. The number of thiophene rings is 1. The van der Waals surface area contributed by atoms with Crippen molar-refractivity contribution in [3.8, 4) is 0 Å². The van der Waals surface area contributed by atoms with Gasteiger partial charge < -0.3 is 0 Å². The summed E-state index contributed by atoms with van der Waals surface area (Å²) in [6.07, 6.45) is 0. The van der Waals surface area contributed by atoms with Crippen LogP contribution >= 0.6 is 46.1 Å². The molecule has 0 N–H and O–H groups in total. The zero-order valence-electron chi connectivity index (χ0n) is 4.27. The summed E-state index contributed by atoms with van der Waals surface area (Å²) in [6.45, 7) is 0. The van der Waals surface area contributed by atoms with Crippen LogP contribution in [-0.2, 0) is 3.79 Å². The van der Waals surface area contributed by atoms with E-state index in [0.717, 1.165) is 5.56 Å². The van der Waals surface area contributed by atoms with Crippen LogP contribution in [0.4, 0.5) is 0 Å². The van der Waals surface area contributed by atoms with Crippen LogP contribution in [0.25, 0.3) is 0 Å². The Labute approximate surface area is 72.3 Å². The van der Waals surface area contributed by atoms with E-state index in [-0.39, 0.29) is 0 Å². The molecule has 0 aliphatic carbocycles. The molecule has 9 heavy (non-hydrogen) atoms. The second-order valence-corrected chi connectivity index (χ2v) is 4.57. The molecule has 4 heteroatoms. The lowest BCUT2D eigenvalue weighted by atomic mass is 10.4. The topological polar surface area (TPSA) is 0 Å². The lowest BCUT2D eigenvalue weighted by Gasteiger charge is -2.05. The van der Waals surface area contributed by atoms with Crippen molar-refractivity contribution in [3.05, 3.63) is 22.4 Å². The van der Waals surface area contributed by atoms with E-state index in [4.69, 9.17) is 34.8 Å². The van der Waals surface area contributed by atoms with Gasteiger partial charge in [0.05, 0.1) is 0 Å². The third kappa shape index (κ3) is 2.01. The van der Waals surface area contributed by atoms with E-state index >= 15 is 0 Å². The molecule has 1 heterocycles. The average molecular weight is 202 g/mol. The van der Waals surface area contributed by atoms with Crippen molar-refractivity contribution in [3.63, 3.8) is 0 Å². The van der Waals surface area contributed by atoms with Gasteiger partial charge in [0.1, 0.15) is 0 Å². The lowest BCUT2D eigenvalue weighted by molar-refractivity contribution is 1.27. The van der Waals surface area contributed by atoms with E-state index in [1.807, 2.05) is 10.8 Å². The molecule has 0 aromatic carbocycles. The molecular weight excluding hydrogens is 198 g/mol. The molecule has 0 saturated heterocycles. The molecule has 1 aromatic heterocycles. The Kier molecular flexibility index (Phi) is 2.27. The first-order valence-corrected chi connectivity index (χ1v) is 4.28. The molecule has 1 aromatic rings. The van der Waals surface area contributed by atoms with Crippen LogP contribution in [0.1, 0.15) is 5.56 Å². The fourth-order valence-corrected chi connectivity index (χ4v) is 1.68.